The van der Waals surface area contributed by atoms with Crippen molar-refractivity contribution in [3.05, 3.63) is 75.9 Å². The molecule has 166 valence electrons. The highest BCUT2D eigenvalue weighted by Gasteiger charge is 2.22. The lowest BCUT2D eigenvalue weighted by Gasteiger charge is -2.35. The van der Waals surface area contributed by atoms with Crippen LogP contribution in [0, 0.1) is 16.1 Å². The molecule has 0 N–H and O–H groups in total. The SMILES string of the molecule is C=CCn1c(=O)c2ccccc2n2c(=S)n(CN3CCN(c4ncccc4C#N)CC3)nc12. The molecular formula is C23H22N8OS. The molecule has 9 nitrogen and oxygen atoms in total. The normalized spacial score (nSPS) is 14.6. The van der Waals surface area contributed by atoms with Crippen molar-refractivity contribution < 1.29 is 0 Å². The monoisotopic (exact) mass is 458 g/mol. The highest BCUT2D eigenvalue weighted by atomic mass is 32.1. The first-order valence-electron chi connectivity index (χ1n) is 10.7. The number of nitriles is 1. The molecule has 1 aliphatic rings. The van der Waals surface area contributed by atoms with E-state index in [0.29, 0.717) is 34.7 Å². The van der Waals surface area contributed by atoms with E-state index in [1.807, 2.05) is 28.7 Å². The molecule has 0 amide bonds. The van der Waals surface area contributed by atoms with E-state index < -0.39 is 0 Å². The number of piperazine rings is 1. The first-order valence-corrected chi connectivity index (χ1v) is 11.1. The maximum Gasteiger partial charge on any atom is 0.263 e. The van der Waals surface area contributed by atoms with E-state index in [2.05, 4.69) is 27.4 Å². The van der Waals surface area contributed by atoms with Crippen molar-refractivity contribution in [2.24, 2.45) is 0 Å². The quantitative estimate of drug-likeness (QED) is 0.335. The van der Waals surface area contributed by atoms with Crippen LogP contribution >= 0.6 is 12.2 Å². The number of rotatable bonds is 5. The average molecular weight is 459 g/mol. The molecule has 3 aromatic heterocycles. The van der Waals surface area contributed by atoms with E-state index in [-0.39, 0.29) is 5.56 Å². The van der Waals surface area contributed by atoms with E-state index in [1.54, 1.807) is 33.7 Å². The zero-order valence-electron chi connectivity index (χ0n) is 18.0. The Labute approximate surface area is 195 Å². The van der Waals surface area contributed by atoms with Gasteiger partial charge in [0.15, 0.2) is 0 Å². The largest absolute Gasteiger partial charge is 0.353 e. The Hall–Kier alpha value is -3.81. The zero-order valence-corrected chi connectivity index (χ0v) is 18.8. The first kappa shape index (κ1) is 21.1. The maximum absolute atomic E-state index is 13.0. The topological polar surface area (TPSA) is 87.4 Å². The van der Waals surface area contributed by atoms with Gasteiger partial charge in [-0.05, 0) is 36.5 Å². The molecule has 1 aromatic carbocycles. The molecule has 0 unspecified atom stereocenters. The summed E-state index contributed by atoms with van der Waals surface area (Å²) in [6.07, 6.45) is 3.40. The van der Waals surface area contributed by atoms with Gasteiger partial charge in [0.25, 0.3) is 5.56 Å². The minimum absolute atomic E-state index is 0.109. The van der Waals surface area contributed by atoms with Crippen molar-refractivity contribution in [2.75, 3.05) is 31.1 Å². The Morgan fingerprint density at radius 2 is 1.94 bits per heavy atom. The third-order valence-electron chi connectivity index (χ3n) is 5.91. The molecule has 0 saturated carbocycles. The van der Waals surface area contributed by atoms with Crippen LogP contribution in [-0.4, -0.2) is 54.8 Å². The Kier molecular flexibility index (Phi) is 5.50. The fraction of sp³-hybridized carbons (Fsp3) is 0.261. The van der Waals surface area contributed by atoms with Gasteiger partial charge in [-0.2, -0.15) is 5.26 Å². The summed E-state index contributed by atoms with van der Waals surface area (Å²) >= 11 is 5.78. The average Bonchev–Trinajstić information content (AvgIpc) is 3.18. The van der Waals surface area contributed by atoms with Crippen molar-refractivity contribution >= 4 is 34.7 Å². The van der Waals surface area contributed by atoms with Crippen LogP contribution in [0.5, 0.6) is 0 Å². The Morgan fingerprint density at radius 3 is 2.70 bits per heavy atom. The van der Waals surface area contributed by atoms with Crippen LogP contribution in [0.3, 0.4) is 0 Å². The molecule has 0 bridgehead atoms. The summed E-state index contributed by atoms with van der Waals surface area (Å²) in [5, 5.41) is 14.7. The third-order valence-corrected chi connectivity index (χ3v) is 6.30. The Balaban J connectivity index is 1.45. The van der Waals surface area contributed by atoms with Gasteiger partial charge in [0.1, 0.15) is 11.9 Å². The van der Waals surface area contributed by atoms with Crippen LogP contribution in [-0.2, 0) is 13.2 Å². The number of aromatic nitrogens is 5. The summed E-state index contributed by atoms with van der Waals surface area (Å²) in [5.74, 6) is 1.23. The number of hydrogen-bond acceptors (Lipinski definition) is 7. The summed E-state index contributed by atoms with van der Waals surface area (Å²) in [4.78, 5) is 21.8. The summed E-state index contributed by atoms with van der Waals surface area (Å²) in [6, 6.07) is 13.2. The minimum atomic E-state index is -0.109. The van der Waals surface area contributed by atoms with E-state index >= 15 is 0 Å². The standard InChI is InChI=1S/C23H22N8OS/c1-2-10-29-21(32)18-7-3-4-8-19(18)31-22(29)26-30(23(31)33)16-27-11-13-28(14-12-27)20-17(15-24)6-5-9-25-20/h2-9H,1,10-14,16H2. The minimum Gasteiger partial charge on any atom is -0.353 e. The molecular weight excluding hydrogens is 436 g/mol. The van der Waals surface area contributed by atoms with Crippen molar-refractivity contribution in [1.29, 1.82) is 5.26 Å². The second kappa shape index (κ2) is 8.61. The van der Waals surface area contributed by atoms with Crippen molar-refractivity contribution in [1.82, 2.24) is 28.6 Å². The Morgan fingerprint density at radius 1 is 1.15 bits per heavy atom. The van der Waals surface area contributed by atoms with Gasteiger partial charge in [0.2, 0.25) is 10.5 Å². The smallest absolute Gasteiger partial charge is 0.263 e. The van der Waals surface area contributed by atoms with Crippen molar-refractivity contribution in [3.8, 4) is 6.07 Å². The van der Waals surface area contributed by atoms with Gasteiger partial charge in [-0.1, -0.05) is 18.2 Å². The molecule has 0 spiro atoms. The molecule has 33 heavy (non-hydrogen) atoms. The number of anilines is 1. The van der Waals surface area contributed by atoms with Gasteiger partial charge in [-0.25, -0.2) is 9.67 Å². The summed E-state index contributed by atoms with van der Waals surface area (Å²) in [7, 11) is 0. The Bertz CT molecular complexity index is 1520. The highest BCUT2D eigenvalue weighted by Crippen LogP contribution is 2.19. The number of allylic oxidation sites excluding steroid dienone is 1. The number of para-hydroxylation sites is 1. The van der Waals surface area contributed by atoms with Crippen LogP contribution in [0.2, 0.25) is 0 Å². The summed E-state index contributed by atoms with van der Waals surface area (Å²) in [6.45, 7) is 7.69. The molecule has 1 saturated heterocycles. The molecule has 4 heterocycles. The predicted octanol–water partition coefficient (Wildman–Crippen LogP) is 2.41. The summed E-state index contributed by atoms with van der Waals surface area (Å²) in [5.41, 5.74) is 1.22. The van der Waals surface area contributed by atoms with Gasteiger partial charge in [0, 0.05) is 38.9 Å². The van der Waals surface area contributed by atoms with Gasteiger partial charge >= 0.3 is 0 Å². The van der Waals surface area contributed by atoms with Crippen LogP contribution in [0.1, 0.15) is 5.56 Å². The molecule has 1 aliphatic heterocycles. The van der Waals surface area contributed by atoms with Crippen molar-refractivity contribution in [3.63, 3.8) is 0 Å². The van der Waals surface area contributed by atoms with E-state index in [4.69, 9.17) is 17.3 Å². The van der Waals surface area contributed by atoms with Crippen LogP contribution in [0.25, 0.3) is 16.7 Å². The second-order valence-corrected chi connectivity index (χ2v) is 8.24. The van der Waals surface area contributed by atoms with Gasteiger partial charge < -0.3 is 4.90 Å². The maximum atomic E-state index is 13.0. The fourth-order valence-electron chi connectivity index (χ4n) is 4.28. The van der Waals surface area contributed by atoms with Gasteiger partial charge in [-0.15, -0.1) is 11.7 Å². The number of pyridine rings is 1. The number of benzene rings is 1. The molecule has 4 aromatic rings. The lowest BCUT2D eigenvalue weighted by Crippen LogP contribution is -2.47. The van der Waals surface area contributed by atoms with Crippen LogP contribution in [0.15, 0.2) is 60.0 Å². The molecule has 1 fully saturated rings. The lowest BCUT2D eigenvalue weighted by atomic mass is 10.2. The summed E-state index contributed by atoms with van der Waals surface area (Å²) < 4.78 is 5.77. The van der Waals surface area contributed by atoms with Crippen molar-refractivity contribution in [2.45, 2.75) is 13.2 Å². The molecule has 0 radical (unpaired) electrons. The van der Waals surface area contributed by atoms with Crippen LogP contribution in [0.4, 0.5) is 5.82 Å². The molecule has 10 heteroatoms. The first-order chi connectivity index (χ1) is 16.1. The zero-order chi connectivity index (χ0) is 22.9. The number of nitrogens with zero attached hydrogens (tertiary/aromatic N) is 8. The van der Waals surface area contributed by atoms with E-state index in [1.165, 1.54) is 0 Å². The van der Waals surface area contributed by atoms with Gasteiger partial charge in [-0.3, -0.25) is 18.7 Å². The predicted molar refractivity (Wildman–Crippen MR) is 129 cm³/mol. The highest BCUT2D eigenvalue weighted by molar-refractivity contribution is 7.71. The number of fused-ring (bicyclic) bond motifs is 3. The molecule has 5 rings (SSSR count). The van der Waals surface area contributed by atoms with E-state index in [9.17, 15) is 10.1 Å². The third kappa shape index (κ3) is 3.61. The van der Waals surface area contributed by atoms with E-state index in [0.717, 1.165) is 37.5 Å². The fourth-order valence-corrected chi connectivity index (χ4v) is 4.56. The second-order valence-electron chi connectivity index (χ2n) is 7.87. The van der Waals surface area contributed by atoms with Crippen LogP contribution < -0.4 is 10.5 Å². The number of hydrogen-bond donors (Lipinski definition) is 0. The lowest BCUT2D eigenvalue weighted by molar-refractivity contribution is 0.194. The molecule has 0 aliphatic carbocycles. The van der Waals surface area contributed by atoms with Gasteiger partial charge in [0.05, 0.1) is 23.1 Å². The molecule has 0 atom stereocenters.